The molecule has 0 spiro atoms. The van der Waals surface area contributed by atoms with Crippen LogP contribution in [0.2, 0.25) is 9.36 Å². The molecular weight excluding hydrogens is 265 g/mol. The Kier molecular flexibility index (Phi) is 3.15. The van der Waals surface area contributed by atoms with Crippen LogP contribution in [-0.4, -0.2) is 9.78 Å². The molecule has 0 aliphatic carbocycles. The number of nitrogens with two attached hydrogens (primary N) is 1. The zero-order valence-electron chi connectivity index (χ0n) is 8.87. The van der Waals surface area contributed by atoms with Crippen molar-refractivity contribution in [3.63, 3.8) is 0 Å². The van der Waals surface area contributed by atoms with E-state index in [2.05, 4.69) is 5.10 Å². The van der Waals surface area contributed by atoms with Crippen LogP contribution in [0.3, 0.4) is 0 Å². The van der Waals surface area contributed by atoms with Crippen molar-refractivity contribution in [2.45, 2.75) is 19.9 Å². The molecule has 0 saturated heterocycles. The molecule has 0 aromatic carbocycles. The minimum atomic E-state index is 0.0451. The summed E-state index contributed by atoms with van der Waals surface area (Å²) in [6, 6.07) is 3.89. The van der Waals surface area contributed by atoms with Crippen LogP contribution in [0.15, 0.2) is 12.1 Å². The van der Waals surface area contributed by atoms with Gasteiger partial charge in [-0.05, 0) is 26.0 Å². The lowest BCUT2D eigenvalue weighted by atomic mass is 10.3. The quantitative estimate of drug-likeness (QED) is 0.907. The number of nitrogen functional groups attached to an aromatic ring is 1. The van der Waals surface area contributed by atoms with Gasteiger partial charge in [0, 0.05) is 4.88 Å². The topological polar surface area (TPSA) is 43.8 Å². The molecule has 2 aromatic rings. The number of thiophene rings is 1. The van der Waals surface area contributed by atoms with E-state index < -0.39 is 0 Å². The van der Waals surface area contributed by atoms with Crippen molar-refractivity contribution in [1.29, 1.82) is 0 Å². The summed E-state index contributed by atoms with van der Waals surface area (Å²) in [4.78, 5) is 1.11. The number of hydrogen-bond donors (Lipinski definition) is 1. The third kappa shape index (κ3) is 1.93. The highest BCUT2D eigenvalue weighted by atomic mass is 35.5. The summed E-state index contributed by atoms with van der Waals surface area (Å²) in [5, 5.41) is 4.84. The second-order valence-corrected chi connectivity index (χ2v) is 5.67. The van der Waals surface area contributed by atoms with Gasteiger partial charge in [0.25, 0.3) is 0 Å². The van der Waals surface area contributed by atoms with Gasteiger partial charge in [0.1, 0.15) is 10.8 Å². The monoisotopic (exact) mass is 275 g/mol. The number of hydrogen-bond acceptors (Lipinski definition) is 3. The first-order chi connectivity index (χ1) is 7.50. The van der Waals surface area contributed by atoms with Gasteiger partial charge in [-0.3, -0.25) is 0 Å². The lowest BCUT2D eigenvalue weighted by molar-refractivity contribution is 0.577. The van der Waals surface area contributed by atoms with E-state index in [0.717, 1.165) is 14.9 Å². The Balaban J connectivity index is 2.41. The number of aromatic nitrogens is 2. The minimum Gasteiger partial charge on any atom is -0.383 e. The number of aryl methyl sites for hydroxylation is 1. The van der Waals surface area contributed by atoms with Crippen LogP contribution >= 0.6 is 34.5 Å². The van der Waals surface area contributed by atoms with E-state index in [4.69, 9.17) is 28.9 Å². The van der Waals surface area contributed by atoms with Crippen LogP contribution in [-0.2, 0) is 0 Å². The zero-order chi connectivity index (χ0) is 11.9. The third-order valence-electron chi connectivity index (χ3n) is 2.42. The lowest BCUT2D eigenvalue weighted by Crippen LogP contribution is -2.10. The maximum atomic E-state index is 6.00. The van der Waals surface area contributed by atoms with Gasteiger partial charge in [0.15, 0.2) is 0 Å². The Labute approximate surface area is 108 Å². The molecule has 0 aliphatic heterocycles. The van der Waals surface area contributed by atoms with E-state index in [1.165, 1.54) is 11.3 Å². The normalized spacial score (nSPS) is 13.0. The van der Waals surface area contributed by atoms with Gasteiger partial charge in [-0.25, -0.2) is 4.68 Å². The summed E-state index contributed by atoms with van der Waals surface area (Å²) in [7, 11) is 0. The molecule has 16 heavy (non-hydrogen) atoms. The fourth-order valence-corrected chi connectivity index (χ4v) is 2.74. The average molecular weight is 276 g/mol. The standard InChI is InChI=1S/C10H11Cl2N3S/c1-5-9(12)10(13)15(14-5)6(2)7-3-4-8(11)16-7/h3-4,6H,13H2,1-2H3. The largest absolute Gasteiger partial charge is 0.383 e. The van der Waals surface area contributed by atoms with E-state index in [0.29, 0.717) is 10.8 Å². The molecule has 2 aromatic heterocycles. The molecule has 2 N–H and O–H groups in total. The van der Waals surface area contributed by atoms with Crippen molar-refractivity contribution in [3.05, 3.63) is 32.1 Å². The van der Waals surface area contributed by atoms with E-state index in [1.807, 2.05) is 26.0 Å². The van der Waals surface area contributed by atoms with Gasteiger partial charge < -0.3 is 5.73 Å². The van der Waals surface area contributed by atoms with Crippen molar-refractivity contribution < 1.29 is 0 Å². The van der Waals surface area contributed by atoms with Crippen LogP contribution in [0.5, 0.6) is 0 Å². The molecule has 6 heteroatoms. The maximum absolute atomic E-state index is 6.00. The fourth-order valence-electron chi connectivity index (χ4n) is 1.51. The molecule has 2 heterocycles. The third-order valence-corrected chi connectivity index (χ3v) is 4.29. The molecule has 0 bridgehead atoms. The SMILES string of the molecule is Cc1nn(C(C)c2ccc(Cl)s2)c(N)c1Cl. The van der Waals surface area contributed by atoms with Crippen molar-refractivity contribution in [2.75, 3.05) is 5.73 Å². The van der Waals surface area contributed by atoms with Gasteiger partial charge in [-0.1, -0.05) is 23.2 Å². The summed E-state index contributed by atoms with van der Waals surface area (Å²) in [5.74, 6) is 0.496. The molecule has 0 saturated carbocycles. The predicted molar refractivity (Wildman–Crippen MR) is 69.5 cm³/mol. The summed E-state index contributed by atoms with van der Waals surface area (Å²) < 4.78 is 2.48. The highest BCUT2D eigenvalue weighted by Gasteiger charge is 2.17. The molecule has 1 atom stereocenters. The maximum Gasteiger partial charge on any atom is 0.141 e. The molecule has 86 valence electrons. The Morgan fingerprint density at radius 2 is 2.12 bits per heavy atom. The van der Waals surface area contributed by atoms with Crippen molar-refractivity contribution in [2.24, 2.45) is 0 Å². The first-order valence-electron chi connectivity index (χ1n) is 4.76. The molecule has 0 radical (unpaired) electrons. The van der Waals surface area contributed by atoms with E-state index >= 15 is 0 Å². The summed E-state index contributed by atoms with van der Waals surface area (Å²) >= 11 is 13.4. The van der Waals surface area contributed by atoms with E-state index in [-0.39, 0.29) is 6.04 Å². The van der Waals surface area contributed by atoms with Crippen molar-refractivity contribution in [1.82, 2.24) is 9.78 Å². The van der Waals surface area contributed by atoms with Crippen LogP contribution in [0, 0.1) is 6.92 Å². The summed E-state index contributed by atoms with van der Waals surface area (Å²) in [5.41, 5.74) is 6.63. The van der Waals surface area contributed by atoms with Crippen LogP contribution in [0.4, 0.5) is 5.82 Å². The fraction of sp³-hybridized carbons (Fsp3) is 0.300. The minimum absolute atomic E-state index is 0.0451. The van der Waals surface area contributed by atoms with E-state index in [9.17, 15) is 0 Å². The molecule has 0 fully saturated rings. The average Bonchev–Trinajstić information content (AvgIpc) is 2.78. The second-order valence-electron chi connectivity index (χ2n) is 3.55. The van der Waals surface area contributed by atoms with E-state index in [1.54, 1.807) is 4.68 Å². The highest BCUT2D eigenvalue weighted by molar-refractivity contribution is 7.16. The zero-order valence-corrected chi connectivity index (χ0v) is 11.2. The number of halogens is 2. The van der Waals surface area contributed by atoms with Crippen molar-refractivity contribution in [3.8, 4) is 0 Å². The second kappa shape index (κ2) is 4.28. The Morgan fingerprint density at radius 3 is 2.56 bits per heavy atom. The molecule has 1 unspecified atom stereocenters. The Hall–Kier alpha value is -0.710. The van der Waals surface area contributed by atoms with Crippen LogP contribution in [0.25, 0.3) is 0 Å². The van der Waals surface area contributed by atoms with Gasteiger partial charge in [-0.2, -0.15) is 5.10 Å². The Morgan fingerprint density at radius 1 is 1.44 bits per heavy atom. The van der Waals surface area contributed by atoms with Gasteiger partial charge in [-0.15, -0.1) is 11.3 Å². The molecule has 2 rings (SSSR count). The number of anilines is 1. The van der Waals surface area contributed by atoms with Gasteiger partial charge in [0.2, 0.25) is 0 Å². The first-order valence-corrected chi connectivity index (χ1v) is 6.33. The summed E-state index contributed by atoms with van der Waals surface area (Å²) in [6.07, 6.45) is 0. The number of rotatable bonds is 2. The molecule has 3 nitrogen and oxygen atoms in total. The molecule has 0 aliphatic rings. The first kappa shape index (κ1) is 11.8. The predicted octanol–water partition coefficient (Wildman–Crippen LogP) is 3.75. The van der Waals surface area contributed by atoms with Gasteiger partial charge in [0.05, 0.1) is 16.1 Å². The van der Waals surface area contributed by atoms with Crippen LogP contribution in [0.1, 0.15) is 23.5 Å². The van der Waals surface area contributed by atoms with Crippen molar-refractivity contribution >= 4 is 40.4 Å². The lowest BCUT2D eigenvalue weighted by Gasteiger charge is -2.11. The molecular formula is C10H11Cl2N3S. The smallest absolute Gasteiger partial charge is 0.141 e. The highest BCUT2D eigenvalue weighted by Crippen LogP contribution is 2.32. The van der Waals surface area contributed by atoms with Gasteiger partial charge >= 0.3 is 0 Å². The Bertz CT molecular complexity index is 518. The number of nitrogens with zero attached hydrogens (tertiary/aromatic N) is 2. The summed E-state index contributed by atoms with van der Waals surface area (Å²) in [6.45, 7) is 3.85. The molecule has 0 amide bonds. The van der Waals surface area contributed by atoms with Crippen LogP contribution < -0.4 is 5.73 Å².